The number of aromatic nitrogens is 3. The van der Waals surface area contributed by atoms with Crippen molar-refractivity contribution in [3.05, 3.63) is 30.2 Å². The molecule has 1 aliphatic heterocycles. The summed E-state index contributed by atoms with van der Waals surface area (Å²) in [5, 5.41) is 10.7. The average molecular weight is 243 g/mol. The third-order valence-electron chi connectivity index (χ3n) is 3.51. The Hall–Kier alpha value is -1.88. The van der Waals surface area contributed by atoms with Gasteiger partial charge in [0.25, 0.3) is 0 Å². The van der Waals surface area contributed by atoms with Gasteiger partial charge >= 0.3 is 0 Å². The van der Waals surface area contributed by atoms with Gasteiger partial charge in [-0.3, -0.25) is 5.10 Å². The Kier molecular flexibility index (Phi) is 2.98. The number of nitrogens with zero attached hydrogens (tertiary/aromatic N) is 2. The number of hydrogen-bond acceptors (Lipinski definition) is 4. The van der Waals surface area contributed by atoms with E-state index in [2.05, 4.69) is 20.5 Å². The lowest BCUT2D eigenvalue weighted by Gasteiger charge is -2.22. The Morgan fingerprint density at radius 2 is 2.11 bits per heavy atom. The molecule has 0 unspecified atom stereocenters. The molecular weight excluding hydrogens is 226 g/mol. The first kappa shape index (κ1) is 11.2. The molecule has 2 aromatic rings. The summed E-state index contributed by atoms with van der Waals surface area (Å²) >= 11 is 0. The van der Waals surface area contributed by atoms with Gasteiger partial charge in [0.2, 0.25) is 0 Å². The maximum absolute atomic E-state index is 5.74. The third-order valence-corrected chi connectivity index (χ3v) is 3.51. The Balaban J connectivity index is 1.95. The molecule has 0 bridgehead atoms. The second-order valence-corrected chi connectivity index (χ2v) is 4.69. The van der Waals surface area contributed by atoms with E-state index in [1.165, 1.54) is 5.69 Å². The fraction of sp³-hybridized carbons (Fsp3) is 0.385. The van der Waals surface area contributed by atoms with Crippen LogP contribution in [0.25, 0.3) is 11.1 Å². The van der Waals surface area contributed by atoms with Crippen LogP contribution < -0.4 is 11.1 Å². The van der Waals surface area contributed by atoms with Crippen LogP contribution in [-0.4, -0.2) is 28.3 Å². The minimum Gasteiger partial charge on any atom is -0.384 e. The van der Waals surface area contributed by atoms with Crippen molar-refractivity contribution >= 4 is 5.82 Å². The minimum absolute atomic E-state index is 0.546. The van der Waals surface area contributed by atoms with Gasteiger partial charge in [-0.2, -0.15) is 5.10 Å². The van der Waals surface area contributed by atoms with Crippen LogP contribution in [0.3, 0.4) is 0 Å². The maximum atomic E-state index is 5.74. The van der Waals surface area contributed by atoms with Crippen LogP contribution in [0.15, 0.2) is 24.5 Å². The van der Waals surface area contributed by atoms with Crippen molar-refractivity contribution in [1.29, 1.82) is 0 Å². The summed E-state index contributed by atoms with van der Waals surface area (Å²) in [4.78, 5) is 4.03. The molecule has 3 heterocycles. The molecule has 0 aliphatic carbocycles. The quantitative estimate of drug-likeness (QED) is 0.747. The SMILES string of the molecule is Nc1cc(-c2cn[nH]c2C2CCNCC2)ccn1. The van der Waals surface area contributed by atoms with Crippen molar-refractivity contribution in [3.63, 3.8) is 0 Å². The zero-order valence-corrected chi connectivity index (χ0v) is 10.2. The van der Waals surface area contributed by atoms with Crippen LogP contribution in [0.5, 0.6) is 0 Å². The molecule has 0 atom stereocenters. The number of H-pyrrole nitrogens is 1. The van der Waals surface area contributed by atoms with E-state index in [9.17, 15) is 0 Å². The van der Waals surface area contributed by atoms with E-state index < -0.39 is 0 Å². The summed E-state index contributed by atoms with van der Waals surface area (Å²) in [6.45, 7) is 2.14. The Morgan fingerprint density at radius 3 is 2.89 bits per heavy atom. The first-order valence-electron chi connectivity index (χ1n) is 6.30. The van der Waals surface area contributed by atoms with Gasteiger partial charge in [-0.1, -0.05) is 0 Å². The van der Waals surface area contributed by atoms with Crippen molar-refractivity contribution in [3.8, 4) is 11.1 Å². The smallest absolute Gasteiger partial charge is 0.123 e. The predicted octanol–water partition coefficient (Wildman–Crippen LogP) is 1.52. The molecule has 94 valence electrons. The zero-order valence-electron chi connectivity index (χ0n) is 10.2. The number of nitrogens with one attached hydrogen (secondary N) is 2. The second kappa shape index (κ2) is 4.78. The third kappa shape index (κ3) is 2.09. The van der Waals surface area contributed by atoms with Crippen molar-refractivity contribution in [2.75, 3.05) is 18.8 Å². The molecular formula is C13H17N5. The minimum atomic E-state index is 0.546. The predicted molar refractivity (Wildman–Crippen MR) is 71.1 cm³/mol. The van der Waals surface area contributed by atoms with Gasteiger partial charge in [0, 0.05) is 23.4 Å². The van der Waals surface area contributed by atoms with Crippen molar-refractivity contribution in [1.82, 2.24) is 20.5 Å². The van der Waals surface area contributed by atoms with Gasteiger partial charge in [0.1, 0.15) is 5.82 Å². The maximum Gasteiger partial charge on any atom is 0.123 e. The number of nitrogen functional groups attached to an aromatic ring is 1. The summed E-state index contributed by atoms with van der Waals surface area (Å²) in [7, 11) is 0. The van der Waals surface area contributed by atoms with Gasteiger partial charge < -0.3 is 11.1 Å². The Bertz CT molecular complexity index is 528. The molecule has 0 aromatic carbocycles. The molecule has 0 amide bonds. The van der Waals surface area contributed by atoms with E-state index in [1.54, 1.807) is 6.20 Å². The van der Waals surface area contributed by atoms with Gasteiger partial charge in [0.05, 0.1) is 6.20 Å². The number of piperidine rings is 1. The van der Waals surface area contributed by atoms with Crippen LogP contribution in [0.2, 0.25) is 0 Å². The summed E-state index contributed by atoms with van der Waals surface area (Å²) in [6.07, 6.45) is 5.92. The Labute approximate surface area is 106 Å². The van der Waals surface area contributed by atoms with Gasteiger partial charge in [-0.25, -0.2) is 4.98 Å². The van der Waals surface area contributed by atoms with Crippen LogP contribution in [0.4, 0.5) is 5.82 Å². The van der Waals surface area contributed by atoms with Crippen molar-refractivity contribution in [2.45, 2.75) is 18.8 Å². The molecule has 18 heavy (non-hydrogen) atoms. The van der Waals surface area contributed by atoms with Crippen molar-refractivity contribution < 1.29 is 0 Å². The van der Waals surface area contributed by atoms with Crippen LogP contribution >= 0.6 is 0 Å². The summed E-state index contributed by atoms with van der Waals surface area (Å²) in [5.41, 5.74) is 9.20. The molecule has 1 fully saturated rings. The van der Waals surface area contributed by atoms with Crippen LogP contribution in [0, 0.1) is 0 Å². The normalized spacial score (nSPS) is 16.9. The van der Waals surface area contributed by atoms with E-state index in [4.69, 9.17) is 5.73 Å². The fourth-order valence-corrected chi connectivity index (χ4v) is 2.56. The number of aromatic amines is 1. The molecule has 0 saturated carbocycles. The number of nitrogens with two attached hydrogens (primary N) is 1. The highest BCUT2D eigenvalue weighted by Crippen LogP contribution is 2.32. The number of anilines is 1. The van der Waals surface area contributed by atoms with Gasteiger partial charge in [-0.05, 0) is 43.6 Å². The molecule has 3 rings (SSSR count). The second-order valence-electron chi connectivity index (χ2n) is 4.69. The number of hydrogen-bond donors (Lipinski definition) is 3. The first-order chi connectivity index (χ1) is 8.84. The lowest BCUT2D eigenvalue weighted by Crippen LogP contribution is -2.27. The van der Waals surface area contributed by atoms with Gasteiger partial charge in [-0.15, -0.1) is 0 Å². The molecule has 5 heteroatoms. The fourth-order valence-electron chi connectivity index (χ4n) is 2.56. The molecule has 1 aliphatic rings. The summed E-state index contributed by atoms with van der Waals surface area (Å²) in [5.74, 6) is 1.10. The topological polar surface area (TPSA) is 79.6 Å². The van der Waals surface area contributed by atoms with Crippen molar-refractivity contribution in [2.24, 2.45) is 0 Å². The molecule has 2 aromatic heterocycles. The van der Waals surface area contributed by atoms with E-state index in [0.29, 0.717) is 11.7 Å². The number of rotatable bonds is 2. The average Bonchev–Trinajstić information content (AvgIpc) is 2.89. The lowest BCUT2D eigenvalue weighted by molar-refractivity contribution is 0.453. The highest BCUT2D eigenvalue weighted by Gasteiger charge is 2.20. The van der Waals surface area contributed by atoms with E-state index in [0.717, 1.165) is 37.1 Å². The standard InChI is InChI=1S/C13H17N5/c14-12-7-10(3-6-16-12)11-8-17-18-13(11)9-1-4-15-5-2-9/h3,6-9,15H,1-2,4-5H2,(H2,14,16)(H,17,18). The van der Waals surface area contributed by atoms with Crippen LogP contribution in [-0.2, 0) is 0 Å². The largest absolute Gasteiger partial charge is 0.384 e. The molecule has 5 nitrogen and oxygen atoms in total. The van der Waals surface area contributed by atoms with E-state index in [-0.39, 0.29) is 0 Å². The Morgan fingerprint density at radius 1 is 1.28 bits per heavy atom. The lowest BCUT2D eigenvalue weighted by atomic mass is 9.90. The highest BCUT2D eigenvalue weighted by atomic mass is 15.1. The summed E-state index contributed by atoms with van der Waals surface area (Å²) in [6, 6.07) is 3.88. The molecule has 1 saturated heterocycles. The number of pyridine rings is 1. The monoisotopic (exact) mass is 243 g/mol. The summed E-state index contributed by atoms with van der Waals surface area (Å²) < 4.78 is 0. The molecule has 0 radical (unpaired) electrons. The van der Waals surface area contributed by atoms with E-state index in [1.807, 2.05) is 18.3 Å². The zero-order chi connectivity index (χ0) is 12.4. The first-order valence-corrected chi connectivity index (χ1v) is 6.30. The van der Waals surface area contributed by atoms with Gasteiger partial charge in [0.15, 0.2) is 0 Å². The highest BCUT2D eigenvalue weighted by molar-refractivity contribution is 5.67. The molecule has 0 spiro atoms. The van der Waals surface area contributed by atoms with E-state index >= 15 is 0 Å². The van der Waals surface area contributed by atoms with Crippen LogP contribution in [0.1, 0.15) is 24.5 Å². The molecule has 4 N–H and O–H groups in total.